The summed E-state index contributed by atoms with van der Waals surface area (Å²) >= 11 is -1.94. The fraction of sp³-hybridized carbons (Fsp3) is 0.0588. The first-order valence-electron chi connectivity index (χ1n) is 12.8. The molecule has 0 aliphatic carbocycles. The third-order valence-corrected chi connectivity index (χ3v) is 7.99. The van der Waals surface area contributed by atoms with Crippen molar-refractivity contribution in [2.75, 3.05) is 7.11 Å². The number of hydrogen-bond donors (Lipinski definition) is 0. The molecule has 0 amide bonds. The highest BCUT2D eigenvalue weighted by atomic mass is 32.2. The predicted molar refractivity (Wildman–Crippen MR) is 158 cm³/mol. The van der Waals surface area contributed by atoms with Gasteiger partial charge in [-0.3, -0.25) is 4.18 Å². The van der Waals surface area contributed by atoms with Gasteiger partial charge in [0.1, 0.15) is 5.75 Å². The molecule has 6 rings (SSSR count). The number of rotatable bonds is 6. The van der Waals surface area contributed by atoms with Crippen molar-refractivity contribution in [3.8, 4) is 39.1 Å². The Kier molecular flexibility index (Phi) is 7.07. The molecule has 0 aromatic heterocycles. The molecule has 0 saturated carbocycles. The number of fused-ring (bicyclic) bond motifs is 2. The second-order valence-electron chi connectivity index (χ2n) is 9.43. The maximum atomic E-state index is 13.7. The van der Waals surface area contributed by atoms with E-state index in [0.29, 0.717) is 21.7 Å². The summed E-state index contributed by atoms with van der Waals surface area (Å²) in [6, 6.07) is 37.2. The van der Waals surface area contributed by atoms with Crippen molar-refractivity contribution in [1.29, 1.82) is 0 Å². The van der Waals surface area contributed by atoms with Crippen LogP contribution in [0, 0.1) is 0 Å². The number of alkyl halides is 3. The molecule has 1 unspecified atom stereocenters. The average Bonchev–Trinajstić information content (AvgIpc) is 3.00. The lowest BCUT2D eigenvalue weighted by molar-refractivity contribution is -0.274. The Morgan fingerprint density at radius 1 is 0.585 bits per heavy atom. The van der Waals surface area contributed by atoms with Crippen molar-refractivity contribution >= 4 is 32.6 Å². The van der Waals surface area contributed by atoms with Crippen LogP contribution in [0.3, 0.4) is 0 Å². The van der Waals surface area contributed by atoms with Crippen molar-refractivity contribution in [3.05, 3.63) is 121 Å². The van der Waals surface area contributed by atoms with E-state index in [0.717, 1.165) is 27.6 Å². The molecule has 0 radical (unpaired) electrons. The van der Waals surface area contributed by atoms with Gasteiger partial charge in [-0.15, -0.1) is 13.2 Å². The zero-order valence-corrected chi connectivity index (χ0v) is 22.6. The van der Waals surface area contributed by atoms with Gasteiger partial charge in [-0.2, -0.15) is 0 Å². The SMILES string of the molecule is COS(=O)c1ccc2cc(-c3ccccc3)ccc2c1-c1c(OC(F)(F)F)ccc2cc(-c3ccccc3)ccc12. The Morgan fingerprint density at radius 2 is 1.10 bits per heavy atom. The Bertz CT molecular complexity index is 1900. The van der Waals surface area contributed by atoms with Crippen LogP contribution in [0.1, 0.15) is 0 Å². The van der Waals surface area contributed by atoms with Gasteiger partial charge in [0.25, 0.3) is 0 Å². The van der Waals surface area contributed by atoms with Crippen molar-refractivity contribution in [1.82, 2.24) is 0 Å². The van der Waals surface area contributed by atoms with Crippen LogP contribution >= 0.6 is 0 Å². The van der Waals surface area contributed by atoms with Gasteiger partial charge >= 0.3 is 6.36 Å². The summed E-state index contributed by atoms with van der Waals surface area (Å²) in [6.45, 7) is 0. The molecule has 6 aromatic carbocycles. The summed E-state index contributed by atoms with van der Waals surface area (Å²) < 4.78 is 64.0. The maximum Gasteiger partial charge on any atom is 0.573 e. The molecule has 6 aromatic rings. The first-order valence-corrected chi connectivity index (χ1v) is 13.9. The smallest absolute Gasteiger partial charge is 0.405 e. The van der Waals surface area contributed by atoms with E-state index in [1.807, 2.05) is 91.0 Å². The Morgan fingerprint density at radius 3 is 1.61 bits per heavy atom. The lowest BCUT2D eigenvalue weighted by atomic mass is 9.90. The van der Waals surface area contributed by atoms with Gasteiger partial charge in [-0.05, 0) is 68.1 Å². The molecule has 41 heavy (non-hydrogen) atoms. The Labute approximate surface area is 237 Å². The Balaban J connectivity index is 1.66. The fourth-order valence-corrected chi connectivity index (χ4v) is 5.93. The third-order valence-electron chi connectivity index (χ3n) is 6.98. The largest absolute Gasteiger partial charge is 0.573 e. The van der Waals surface area contributed by atoms with E-state index < -0.39 is 17.4 Å². The first-order chi connectivity index (χ1) is 19.8. The van der Waals surface area contributed by atoms with Gasteiger partial charge < -0.3 is 4.74 Å². The van der Waals surface area contributed by atoms with E-state index in [-0.39, 0.29) is 16.2 Å². The van der Waals surface area contributed by atoms with Crippen LogP contribution in [0.25, 0.3) is 54.9 Å². The van der Waals surface area contributed by atoms with E-state index >= 15 is 0 Å². The summed E-state index contributed by atoms with van der Waals surface area (Å²) in [5.74, 6) is -0.383. The van der Waals surface area contributed by atoms with Crippen molar-refractivity contribution < 1.29 is 26.3 Å². The Hall–Kier alpha value is -4.46. The molecule has 1 atom stereocenters. The van der Waals surface area contributed by atoms with Crippen molar-refractivity contribution in [2.45, 2.75) is 11.3 Å². The molecule has 0 fully saturated rings. The number of hydrogen-bond acceptors (Lipinski definition) is 3. The molecular weight excluding hydrogens is 545 g/mol. The molecule has 0 aliphatic heterocycles. The van der Waals surface area contributed by atoms with Gasteiger partial charge in [0.2, 0.25) is 0 Å². The molecule has 0 heterocycles. The van der Waals surface area contributed by atoms with Crippen molar-refractivity contribution in [2.24, 2.45) is 0 Å². The normalized spacial score (nSPS) is 12.5. The zero-order valence-electron chi connectivity index (χ0n) is 21.8. The number of ether oxygens (including phenoxy) is 1. The molecule has 0 N–H and O–H groups in total. The van der Waals surface area contributed by atoms with E-state index in [9.17, 15) is 17.4 Å². The average molecular weight is 569 g/mol. The summed E-state index contributed by atoms with van der Waals surface area (Å²) in [6.07, 6.45) is -4.93. The first kappa shape index (κ1) is 26.7. The monoisotopic (exact) mass is 568 g/mol. The van der Waals surface area contributed by atoms with E-state index in [4.69, 9.17) is 4.18 Å². The lowest BCUT2D eigenvalue weighted by Gasteiger charge is -2.20. The van der Waals surface area contributed by atoms with Gasteiger partial charge in [-0.1, -0.05) is 97.1 Å². The van der Waals surface area contributed by atoms with E-state index in [1.165, 1.54) is 13.2 Å². The minimum absolute atomic E-state index is 0.192. The van der Waals surface area contributed by atoms with Crippen molar-refractivity contribution in [3.63, 3.8) is 0 Å². The summed E-state index contributed by atoms with van der Waals surface area (Å²) in [4.78, 5) is 0.249. The standard InChI is InChI=1S/C34H23F3O3S/c1-39-41(38)31-19-15-27-21-25(23-10-6-3-7-11-23)13-17-29(27)33(31)32-28-16-12-24(22-8-4-2-5-9-22)20-26(28)14-18-30(32)40-34(35,36)37/h2-21H,1H3. The van der Waals surface area contributed by atoms with Gasteiger partial charge in [-0.25, -0.2) is 4.21 Å². The van der Waals surface area contributed by atoms with Crippen LogP contribution in [0.2, 0.25) is 0 Å². The molecule has 3 nitrogen and oxygen atoms in total. The summed E-state index contributed by atoms with van der Waals surface area (Å²) in [5, 5.41) is 2.64. The molecule has 7 heteroatoms. The highest BCUT2D eigenvalue weighted by molar-refractivity contribution is 7.80. The zero-order chi connectivity index (χ0) is 28.6. The summed E-state index contributed by atoms with van der Waals surface area (Å²) in [5.41, 5.74) is 4.39. The molecular formula is C34H23F3O3S. The van der Waals surface area contributed by atoms with Crippen LogP contribution in [0.4, 0.5) is 13.2 Å². The van der Waals surface area contributed by atoms with E-state index in [1.54, 1.807) is 24.3 Å². The van der Waals surface area contributed by atoms with E-state index in [2.05, 4.69) is 4.74 Å². The molecule has 204 valence electrons. The van der Waals surface area contributed by atoms with Crippen LogP contribution in [0.15, 0.2) is 126 Å². The maximum absolute atomic E-state index is 13.7. The van der Waals surface area contributed by atoms with Crippen LogP contribution in [-0.2, 0) is 15.3 Å². The van der Waals surface area contributed by atoms with Crippen LogP contribution in [-0.4, -0.2) is 17.7 Å². The minimum atomic E-state index is -4.93. The summed E-state index contributed by atoms with van der Waals surface area (Å²) in [7, 11) is 1.30. The quantitative estimate of drug-likeness (QED) is 0.201. The predicted octanol–water partition coefficient (Wildman–Crippen LogP) is 9.56. The number of halogens is 3. The molecule has 0 bridgehead atoms. The minimum Gasteiger partial charge on any atom is -0.405 e. The highest BCUT2D eigenvalue weighted by Crippen LogP contribution is 2.46. The fourth-order valence-electron chi connectivity index (χ4n) is 5.19. The van der Waals surface area contributed by atoms with Crippen LogP contribution < -0.4 is 4.74 Å². The molecule has 0 aliphatic rings. The lowest BCUT2D eigenvalue weighted by Crippen LogP contribution is -2.18. The van der Waals surface area contributed by atoms with Crippen LogP contribution in [0.5, 0.6) is 5.75 Å². The topological polar surface area (TPSA) is 35.5 Å². The second kappa shape index (κ2) is 10.8. The van der Waals surface area contributed by atoms with Gasteiger partial charge in [0.05, 0.1) is 12.0 Å². The molecule has 0 saturated heterocycles. The van der Waals surface area contributed by atoms with Gasteiger partial charge in [0, 0.05) is 11.1 Å². The highest BCUT2D eigenvalue weighted by Gasteiger charge is 2.33. The second-order valence-corrected chi connectivity index (χ2v) is 10.7. The molecule has 0 spiro atoms. The van der Waals surface area contributed by atoms with Gasteiger partial charge in [0.15, 0.2) is 11.1 Å². The third kappa shape index (κ3) is 5.34. The number of benzene rings is 6.